The highest BCUT2D eigenvalue weighted by atomic mass is 19.1. The van der Waals surface area contributed by atoms with Gasteiger partial charge >= 0.3 is 0 Å². The van der Waals surface area contributed by atoms with Crippen molar-refractivity contribution in [3.8, 4) is 0 Å². The smallest absolute Gasteiger partial charge is 0.230 e. The van der Waals surface area contributed by atoms with Crippen molar-refractivity contribution in [2.45, 2.75) is 13.5 Å². The zero-order valence-corrected chi connectivity index (χ0v) is 9.35. The van der Waals surface area contributed by atoms with Gasteiger partial charge in [-0.15, -0.1) is 0 Å². The highest BCUT2D eigenvalue weighted by Gasteiger charge is 2.16. The standard InChI is InChI=1S/C11H14FN3O2/c1-7(10(13)15-17)11(16)14-6-8-2-4-9(12)5-3-8/h2-5,7,17H,6H2,1H3,(H2,13,15)(H,14,16). The van der Waals surface area contributed by atoms with Crippen LogP contribution in [0, 0.1) is 11.7 Å². The molecule has 0 radical (unpaired) electrons. The molecule has 0 spiro atoms. The number of nitrogens with one attached hydrogen (secondary N) is 1. The molecule has 0 aliphatic carbocycles. The van der Waals surface area contributed by atoms with Crippen LogP contribution in [0.25, 0.3) is 0 Å². The zero-order chi connectivity index (χ0) is 12.8. The van der Waals surface area contributed by atoms with Crippen LogP contribution < -0.4 is 11.1 Å². The molecule has 1 atom stereocenters. The first-order chi connectivity index (χ1) is 8.04. The maximum Gasteiger partial charge on any atom is 0.230 e. The molecule has 0 fully saturated rings. The number of amides is 1. The fourth-order valence-electron chi connectivity index (χ4n) is 1.17. The van der Waals surface area contributed by atoms with E-state index in [2.05, 4.69) is 10.5 Å². The lowest BCUT2D eigenvalue weighted by Gasteiger charge is -2.10. The molecule has 0 saturated carbocycles. The van der Waals surface area contributed by atoms with Gasteiger partial charge in [0.2, 0.25) is 5.91 Å². The summed E-state index contributed by atoms with van der Waals surface area (Å²) in [6.45, 7) is 1.79. The number of rotatable bonds is 4. The molecule has 17 heavy (non-hydrogen) atoms. The maximum absolute atomic E-state index is 12.6. The Kier molecular flexibility index (Phi) is 4.45. The lowest BCUT2D eigenvalue weighted by atomic mass is 10.1. The largest absolute Gasteiger partial charge is 0.409 e. The van der Waals surface area contributed by atoms with Gasteiger partial charge in [0, 0.05) is 6.54 Å². The van der Waals surface area contributed by atoms with Crippen LogP contribution in [0.2, 0.25) is 0 Å². The van der Waals surface area contributed by atoms with Crippen LogP contribution in [-0.4, -0.2) is 17.0 Å². The molecule has 0 bridgehead atoms. The Morgan fingerprint density at radius 3 is 2.65 bits per heavy atom. The Hall–Kier alpha value is -2.11. The number of carbonyl (C=O) groups excluding carboxylic acids is 1. The third-order valence-electron chi connectivity index (χ3n) is 2.33. The molecule has 6 heteroatoms. The quantitative estimate of drug-likeness (QED) is 0.314. The van der Waals surface area contributed by atoms with Crippen molar-refractivity contribution < 1.29 is 14.4 Å². The second-order valence-corrected chi connectivity index (χ2v) is 3.59. The van der Waals surface area contributed by atoms with E-state index in [1.54, 1.807) is 12.1 Å². The SMILES string of the molecule is CC(C(=O)NCc1ccc(F)cc1)C(N)=NO. The lowest BCUT2D eigenvalue weighted by molar-refractivity contribution is -0.122. The predicted octanol–water partition coefficient (Wildman–Crippen LogP) is 0.824. The van der Waals surface area contributed by atoms with E-state index in [1.165, 1.54) is 19.1 Å². The van der Waals surface area contributed by atoms with Gasteiger partial charge in [-0.25, -0.2) is 4.39 Å². The van der Waals surface area contributed by atoms with E-state index in [4.69, 9.17) is 10.9 Å². The van der Waals surface area contributed by atoms with Crippen molar-refractivity contribution in [1.82, 2.24) is 5.32 Å². The number of hydrogen-bond acceptors (Lipinski definition) is 3. The normalized spacial score (nSPS) is 13.2. The van der Waals surface area contributed by atoms with Gasteiger partial charge in [0.25, 0.3) is 0 Å². The molecule has 1 aromatic carbocycles. The molecule has 1 unspecified atom stereocenters. The van der Waals surface area contributed by atoms with Crippen molar-refractivity contribution in [3.05, 3.63) is 35.6 Å². The molecule has 5 nitrogen and oxygen atoms in total. The van der Waals surface area contributed by atoms with Gasteiger partial charge in [-0.1, -0.05) is 17.3 Å². The number of carbonyl (C=O) groups is 1. The highest BCUT2D eigenvalue weighted by molar-refractivity contribution is 6.01. The van der Waals surface area contributed by atoms with Crippen LogP contribution >= 0.6 is 0 Å². The maximum atomic E-state index is 12.6. The Balaban J connectivity index is 2.51. The average Bonchev–Trinajstić information content (AvgIpc) is 2.35. The summed E-state index contributed by atoms with van der Waals surface area (Å²) in [5.41, 5.74) is 6.07. The molecule has 0 aliphatic heterocycles. The average molecular weight is 239 g/mol. The number of nitrogens with zero attached hydrogens (tertiary/aromatic N) is 1. The number of nitrogens with two attached hydrogens (primary N) is 1. The second kappa shape index (κ2) is 5.83. The van der Waals surface area contributed by atoms with E-state index in [0.29, 0.717) is 0 Å². The number of benzene rings is 1. The summed E-state index contributed by atoms with van der Waals surface area (Å²) >= 11 is 0. The summed E-state index contributed by atoms with van der Waals surface area (Å²) in [6.07, 6.45) is 0. The monoisotopic (exact) mass is 239 g/mol. The van der Waals surface area contributed by atoms with Crippen LogP contribution in [0.4, 0.5) is 4.39 Å². The van der Waals surface area contributed by atoms with E-state index in [1.807, 2.05) is 0 Å². The van der Waals surface area contributed by atoms with Crippen LogP contribution in [0.15, 0.2) is 29.4 Å². The fraction of sp³-hybridized carbons (Fsp3) is 0.273. The Bertz CT molecular complexity index is 417. The number of oxime groups is 1. The summed E-state index contributed by atoms with van der Waals surface area (Å²) in [7, 11) is 0. The molecule has 0 aliphatic rings. The first kappa shape index (κ1) is 13.0. The molecule has 4 N–H and O–H groups in total. The van der Waals surface area contributed by atoms with Gasteiger partial charge in [0.1, 0.15) is 5.82 Å². The Morgan fingerprint density at radius 2 is 2.12 bits per heavy atom. The molecule has 1 rings (SSSR count). The third-order valence-corrected chi connectivity index (χ3v) is 2.33. The highest BCUT2D eigenvalue weighted by Crippen LogP contribution is 2.03. The van der Waals surface area contributed by atoms with E-state index in [9.17, 15) is 9.18 Å². The van der Waals surface area contributed by atoms with E-state index in [0.717, 1.165) is 5.56 Å². The molecular formula is C11H14FN3O2. The topological polar surface area (TPSA) is 87.7 Å². The number of halogens is 1. The summed E-state index contributed by atoms with van der Waals surface area (Å²) in [6, 6.07) is 5.77. The van der Waals surface area contributed by atoms with Crippen molar-refractivity contribution in [2.75, 3.05) is 0 Å². The van der Waals surface area contributed by atoms with Crippen LogP contribution in [-0.2, 0) is 11.3 Å². The zero-order valence-electron chi connectivity index (χ0n) is 9.35. The van der Waals surface area contributed by atoms with E-state index in [-0.39, 0.29) is 24.1 Å². The first-order valence-electron chi connectivity index (χ1n) is 5.04. The second-order valence-electron chi connectivity index (χ2n) is 3.59. The first-order valence-corrected chi connectivity index (χ1v) is 5.04. The summed E-state index contributed by atoms with van der Waals surface area (Å²) < 4.78 is 12.6. The van der Waals surface area contributed by atoms with Gasteiger partial charge in [-0.3, -0.25) is 4.79 Å². The Morgan fingerprint density at radius 1 is 1.53 bits per heavy atom. The van der Waals surface area contributed by atoms with Crippen molar-refractivity contribution >= 4 is 11.7 Å². The molecule has 1 amide bonds. The van der Waals surface area contributed by atoms with Gasteiger partial charge in [0.15, 0.2) is 5.84 Å². The predicted molar refractivity (Wildman–Crippen MR) is 60.8 cm³/mol. The minimum Gasteiger partial charge on any atom is -0.409 e. The lowest BCUT2D eigenvalue weighted by Crippen LogP contribution is -2.36. The molecule has 0 saturated heterocycles. The van der Waals surface area contributed by atoms with Gasteiger partial charge in [0.05, 0.1) is 5.92 Å². The van der Waals surface area contributed by atoms with Gasteiger partial charge in [-0.05, 0) is 24.6 Å². The van der Waals surface area contributed by atoms with E-state index >= 15 is 0 Å². The van der Waals surface area contributed by atoms with Crippen molar-refractivity contribution in [1.29, 1.82) is 0 Å². The summed E-state index contributed by atoms with van der Waals surface area (Å²) in [5.74, 6) is -1.54. The number of hydrogen-bond donors (Lipinski definition) is 3. The number of amidine groups is 1. The minimum absolute atomic E-state index is 0.151. The van der Waals surface area contributed by atoms with Crippen LogP contribution in [0.1, 0.15) is 12.5 Å². The molecular weight excluding hydrogens is 225 g/mol. The summed E-state index contributed by atoms with van der Waals surface area (Å²) in [4.78, 5) is 11.5. The van der Waals surface area contributed by atoms with Crippen LogP contribution in [0.5, 0.6) is 0 Å². The third kappa shape index (κ3) is 3.75. The molecule has 0 aromatic heterocycles. The summed E-state index contributed by atoms with van der Waals surface area (Å²) in [5, 5.41) is 13.8. The molecule has 92 valence electrons. The van der Waals surface area contributed by atoms with Crippen molar-refractivity contribution in [3.63, 3.8) is 0 Å². The molecule has 0 heterocycles. The van der Waals surface area contributed by atoms with E-state index < -0.39 is 5.92 Å². The Labute approximate surface area is 98.1 Å². The van der Waals surface area contributed by atoms with Gasteiger partial charge < -0.3 is 16.3 Å². The minimum atomic E-state index is -0.708. The fourth-order valence-corrected chi connectivity index (χ4v) is 1.17. The van der Waals surface area contributed by atoms with Gasteiger partial charge in [-0.2, -0.15) is 0 Å². The van der Waals surface area contributed by atoms with Crippen LogP contribution in [0.3, 0.4) is 0 Å². The molecule has 1 aromatic rings. The van der Waals surface area contributed by atoms with Crippen molar-refractivity contribution in [2.24, 2.45) is 16.8 Å².